The average molecular weight is 493 g/mol. The number of carbonyl (C=O) groups excluding carboxylic acids is 2. The molecule has 34 heavy (non-hydrogen) atoms. The lowest BCUT2D eigenvalue weighted by Crippen LogP contribution is -2.57. The van der Waals surface area contributed by atoms with Gasteiger partial charge < -0.3 is 20.3 Å². The van der Waals surface area contributed by atoms with Crippen molar-refractivity contribution in [2.45, 2.75) is 13.0 Å². The molecule has 1 saturated heterocycles. The van der Waals surface area contributed by atoms with Crippen LogP contribution >= 0.6 is 22.9 Å². The van der Waals surface area contributed by atoms with E-state index < -0.39 is 0 Å². The third kappa shape index (κ3) is 3.31. The Morgan fingerprint density at radius 3 is 2.91 bits per heavy atom. The number of halogens is 1. The summed E-state index contributed by atoms with van der Waals surface area (Å²) < 4.78 is 7.09. The zero-order valence-electron chi connectivity index (χ0n) is 18.4. The molecule has 2 aliphatic heterocycles. The number of nitrogen functional groups attached to an aromatic ring is 1. The molecule has 2 aromatic carbocycles. The van der Waals surface area contributed by atoms with Gasteiger partial charge in [-0.1, -0.05) is 30.3 Å². The molecule has 3 aromatic rings. The highest BCUT2D eigenvalue weighted by molar-refractivity contribution is 7.23. The Labute approximate surface area is 205 Å². The van der Waals surface area contributed by atoms with E-state index in [9.17, 15) is 14.9 Å². The van der Waals surface area contributed by atoms with Crippen LogP contribution in [0.3, 0.4) is 0 Å². The lowest BCUT2D eigenvalue weighted by atomic mass is 9.93. The average Bonchev–Trinajstić information content (AvgIpc) is 3.10. The summed E-state index contributed by atoms with van der Waals surface area (Å²) in [5.74, 6) is 0.140. The van der Waals surface area contributed by atoms with Crippen molar-refractivity contribution in [3.05, 3.63) is 58.6 Å². The molecule has 0 saturated carbocycles. The Balaban J connectivity index is 1.63. The molecule has 2 aliphatic rings. The van der Waals surface area contributed by atoms with E-state index in [2.05, 4.69) is 12.6 Å². The van der Waals surface area contributed by atoms with Gasteiger partial charge in [-0.05, 0) is 30.7 Å². The fraction of sp³-hybridized carbons (Fsp3) is 0.240. The largest absolute Gasteiger partial charge is 0.490 e. The first kappa shape index (κ1) is 22.3. The Kier molecular flexibility index (Phi) is 5.47. The summed E-state index contributed by atoms with van der Waals surface area (Å²) in [5, 5.41) is 11.3. The molecule has 1 atom stereocenters. The van der Waals surface area contributed by atoms with Gasteiger partial charge in [0.1, 0.15) is 23.4 Å². The second-order valence-corrected chi connectivity index (χ2v) is 9.81. The first-order chi connectivity index (χ1) is 16.3. The molecule has 7 nitrogen and oxygen atoms in total. The molecule has 2 N–H and O–H groups in total. The number of fused-ring (bicyclic) bond motifs is 3. The summed E-state index contributed by atoms with van der Waals surface area (Å²) >= 11 is 8.14. The van der Waals surface area contributed by atoms with Crippen molar-refractivity contribution >= 4 is 49.8 Å². The molecule has 172 valence electrons. The van der Waals surface area contributed by atoms with Gasteiger partial charge in [-0.25, -0.2) is 0 Å². The van der Waals surface area contributed by atoms with E-state index in [0.717, 1.165) is 21.2 Å². The van der Waals surface area contributed by atoms with Crippen molar-refractivity contribution in [2.75, 3.05) is 32.0 Å². The van der Waals surface area contributed by atoms with Crippen molar-refractivity contribution in [1.29, 1.82) is 5.26 Å². The van der Waals surface area contributed by atoms with Gasteiger partial charge in [0.05, 0.1) is 17.2 Å². The van der Waals surface area contributed by atoms with Crippen molar-refractivity contribution in [3.63, 3.8) is 0 Å². The third-order valence-corrected chi connectivity index (χ3v) is 7.76. The highest BCUT2D eigenvalue weighted by Gasteiger charge is 2.37. The maximum atomic E-state index is 13.5. The molecule has 1 unspecified atom stereocenters. The summed E-state index contributed by atoms with van der Waals surface area (Å²) in [6.45, 7) is 6.89. The van der Waals surface area contributed by atoms with Crippen LogP contribution in [0.15, 0.2) is 36.9 Å². The number of piperazine rings is 1. The van der Waals surface area contributed by atoms with Crippen LogP contribution in [0.2, 0.25) is 5.02 Å². The van der Waals surface area contributed by atoms with E-state index >= 15 is 0 Å². The van der Waals surface area contributed by atoms with E-state index in [-0.39, 0.29) is 24.5 Å². The maximum Gasteiger partial charge on any atom is 0.258 e. The van der Waals surface area contributed by atoms with E-state index in [4.69, 9.17) is 22.1 Å². The summed E-state index contributed by atoms with van der Waals surface area (Å²) in [7, 11) is 0. The standard InChI is InChI=1S/C25H21ClN4O3S/c1-3-20(31)29-7-8-30-14(11-29)12-33-23-13(2)21(18(26)9-16(23)25(30)32)15-5-4-6-19-22(15)17(10-27)24(28)34-19/h3-6,9,14H,1,7-8,11-12,28H2,2H3. The minimum absolute atomic E-state index is 0.160. The Hall–Kier alpha value is -3.54. The summed E-state index contributed by atoms with van der Waals surface area (Å²) in [6.07, 6.45) is 1.28. The summed E-state index contributed by atoms with van der Waals surface area (Å²) in [6, 6.07) is 9.29. The smallest absolute Gasteiger partial charge is 0.258 e. The van der Waals surface area contributed by atoms with E-state index in [1.807, 2.05) is 25.1 Å². The number of nitrogens with zero attached hydrogens (tertiary/aromatic N) is 3. The fourth-order valence-electron chi connectivity index (χ4n) is 4.85. The zero-order chi connectivity index (χ0) is 24.1. The number of carbonyl (C=O) groups is 2. The van der Waals surface area contributed by atoms with Gasteiger partial charge in [0.2, 0.25) is 5.91 Å². The monoisotopic (exact) mass is 492 g/mol. The number of thiophene rings is 1. The van der Waals surface area contributed by atoms with Crippen LogP contribution in [0.5, 0.6) is 5.75 Å². The molecule has 2 amide bonds. The van der Waals surface area contributed by atoms with E-state index in [1.54, 1.807) is 15.9 Å². The van der Waals surface area contributed by atoms with Crippen molar-refractivity contribution in [2.24, 2.45) is 0 Å². The SMILES string of the molecule is C=CC(=O)N1CCN2C(=O)c3cc(Cl)c(-c4cccc5sc(N)c(C#N)c45)c(C)c3OCC2C1. The van der Waals surface area contributed by atoms with Crippen LogP contribution in [0, 0.1) is 18.3 Å². The van der Waals surface area contributed by atoms with Gasteiger partial charge >= 0.3 is 0 Å². The normalized spacial score (nSPS) is 17.4. The molecule has 9 heteroatoms. The number of hydrogen-bond donors (Lipinski definition) is 1. The van der Waals surface area contributed by atoms with Gasteiger partial charge in [-0.15, -0.1) is 11.3 Å². The first-order valence-corrected chi connectivity index (χ1v) is 11.9. The second-order valence-electron chi connectivity index (χ2n) is 8.32. The third-order valence-electron chi connectivity index (χ3n) is 6.47. The highest BCUT2D eigenvalue weighted by Crippen LogP contribution is 2.46. The molecule has 1 fully saturated rings. The van der Waals surface area contributed by atoms with Gasteiger partial charge in [0, 0.05) is 45.9 Å². The van der Waals surface area contributed by atoms with Gasteiger partial charge in [0.25, 0.3) is 5.91 Å². The molecular weight excluding hydrogens is 472 g/mol. The van der Waals surface area contributed by atoms with Crippen molar-refractivity contribution < 1.29 is 14.3 Å². The molecule has 0 radical (unpaired) electrons. The maximum absolute atomic E-state index is 13.5. The van der Waals surface area contributed by atoms with E-state index in [1.165, 1.54) is 17.4 Å². The predicted molar refractivity (Wildman–Crippen MR) is 133 cm³/mol. The number of rotatable bonds is 2. The fourth-order valence-corrected chi connectivity index (χ4v) is 6.15. The zero-order valence-corrected chi connectivity index (χ0v) is 20.0. The Morgan fingerprint density at radius 1 is 1.38 bits per heavy atom. The Morgan fingerprint density at radius 2 is 2.18 bits per heavy atom. The van der Waals surface area contributed by atoms with Crippen LogP contribution < -0.4 is 10.5 Å². The predicted octanol–water partition coefficient (Wildman–Crippen LogP) is 4.22. The summed E-state index contributed by atoms with van der Waals surface area (Å²) in [4.78, 5) is 29.0. The lowest BCUT2D eigenvalue weighted by Gasteiger charge is -2.39. The molecule has 5 rings (SSSR count). The molecule has 3 heterocycles. The van der Waals surface area contributed by atoms with Crippen LogP contribution in [0.1, 0.15) is 21.5 Å². The first-order valence-electron chi connectivity index (χ1n) is 10.7. The minimum atomic E-state index is -0.274. The molecular formula is C25H21ClN4O3S. The number of nitriles is 1. The topological polar surface area (TPSA) is 99.7 Å². The van der Waals surface area contributed by atoms with Gasteiger partial charge in [-0.3, -0.25) is 9.59 Å². The molecule has 0 bridgehead atoms. The lowest BCUT2D eigenvalue weighted by molar-refractivity contribution is -0.128. The van der Waals surface area contributed by atoms with E-state index in [0.29, 0.717) is 52.1 Å². The number of amides is 2. The number of ether oxygens (including phenoxy) is 1. The number of anilines is 1. The quantitative estimate of drug-likeness (QED) is 0.540. The molecule has 0 aliphatic carbocycles. The van der Waals surface area contributed by atoms with Crippen LogP contribution in [0.4, 0.5) is 5.00 Å². The summed E-state index contributed by atoms with van der Waals surface area (Å²) in [5.41, 5.74) is 9.11. The van der Waals surface area contributed by atoms with Crippen molar-refractivity contribution in [1.82, 2.24) is 9.80 Å². The number of benzene rings is 2. The second kappa shape index (κ2) is 8.35. The van der Waals surface area contributed by atoms with Gasteiger partial charge in [-0.2, -0.15) is 5.26 Å². The molecule has 0 spiro atoms. The number of nitrogens with two attached hydrogens (primary N) is 1. The Bertz CT molecular complexity index is 1420. The van der Waals surface area contributed by atoms with Crippen LogP contribution in [-0.4, -0.2) is 53.9 Å². The molecule has 1 aromatic heterocycles. The number of hydrogen-bond acceptors (Lipinski definition) is 6. The minimum Gasteiger partial charge on any atom is -0.490 e. The van der Waals surface area contributed by atoms with Gasteiger partial charge in [0.15, 0.2) is 0 Å². The highest BCUT2D eigenvalue weighted by atomic mass is 35.5. The van der Waals surface area contributed by atoms with Crippen LogP contribution in [0.25, 0.3) is 21.2 Å². The van der Waals surface area contributed by atoms with Crippen LogP contribution in [-0.2, 0) is 4.79 Å². The van der Waals surface area contributed by atoms with Crippen molar-refractivity contribution in [3.8, 4) is 22.9 Å².